The largest absolute Gasteiger partial charge is 0.462 e. The first-order valence-electron chi connectivity index (χ1n) is 8.73. The summed E-state index contributed by atoms with van der Waals surface area (Å²) < 4.78 is 17.7. The maximum Gasteiger partial charge on any atom is 0.306 e. The molecule has 22 heavy (non-hydrogen) atoms. The minimum absolute atomic E-state index is 0.00239. The van der Waals surface area contributed by atoms with Gasteiger partial charge in [0.25, 0.3) is 0 Å². The molecule has 0 amide bonds. The number of esters is 1. The molecule has 0 aromatic heterocycles. The van der Waals surface area contributed by atoms with Gasteiger partial charge in [0.2, 0.25) is 6.29 Å². The first kappa shape index (κ1) is 14.9. The molecule has 0 bridgehead atoms. The Kier molecular flexibility index (Phi) is 3.34. The Morgan fingerprint density at radius 3 is 2.82 bits per heavy atom. The van der Waals surface area contributed by atoms with Gasteiger partial charge in [0.15, 0.2) is 0 Å². The second-order valence-electron chi connectivity index (χ2n) is 8.17. The van der Waals surface area contributed by atoms with Gasteiger partial charge in [-0.3, -0.25) is 4.79 Å². The third-order valence-corrected chi connectivity index (χ3v) is 7.11. The van der Waals surface area contributed by atoms with Crippen molar-refractivity contribution < 1.29 is 24.7 Å². The highest BCUT2D eigenvalue weighted by Crippen LogP contribution is 2.63. The van der Waals surface area contributed by atoms with Gasteiger partial charge in [0.1, 0.15) is 12.6 Å². The topological polar surface area (TPSA) is 72.4 Å². The van der Waals surface area contributed by atoms with E-state index in [2.05, 4.69) is 19.6 Å². The second-order valence-corrected chi connectivity index (χ2v) is 8.17. The Hall–Kier alpha value is -0.650. The van der Waals surface area contributed by atoms with Crippen molar-refractivity contribution in [1.29, 1.82) is 0 Å². The molecule has 2 aliphatic heterocycles. The predicted octanol–water partition coefficient (Wildman–Crippen LogP) is 1.12. The van der Waals surface area contributed by atoms with Crippen LogP contribution in [0.5, 0.6) is 0 Å². The summed E-state index contributed by atoms with van der Waals surface area (Å²) in [4.78, 5) is 11.8. The molecule has 4 fully saturated rings. The molecule has 2 saturated heterocycles. The molecule has 0 radical (unpaired) electrons. The number of fused-ring (bicyclic) bond motifs is 5. The zero-order valence-electron chi connectivity index (χ0n) is 13.7. The van der Waals surface area contributed by atoms with Crippen LogP contribution in [0.2, 0.25) is 0 Å². The number of carbonyl (C=O) groups excluding carboxylic acids is 1. The Morgan fingerprint density at radius 1 is 1.23 bits per heavy atom. The fourth-order valence-corrected chi connectivity index (χ4v) is 5.95. The number of ether oxygens (including phenoxy) is 3. The molecule has 5 nitrogen and oxygen atoms in total. The zero-order valence-corrected chi connectivity index (χ0v) is 13.7. The Balaban J connectivity index is 1.63. The molecule has 124 valence electrons. The van der Waals surface area contributed by atoms with E-state index >= 15 is 0 Å². The standard InChI is InChI=1S/C17H27NO4/c1-16-6-5-13-17(2,9-20-15(8-18)22-13)12(16)4-3-11-10(16)7-14(19)21-11/h10-13,15H,3-9,18H2,1-2H3/p+1/t10-,11-,12+,13-,15-,16+,17-/m1/s1. The summed E-state index contributed by atoms with van der Waals surface area (Å²) in [6.45, 7) is 6.13. The molecule has 2 aliphatic carbocycles. The van der Waals surface area contributed by atoms with Crippen molar-refractivity contribution in [2.45, 2.75) is 64.4 Å². The lowest BCUT2D eigenvalue weighted by Crippen LogP contribution is -2.65. The zero-order chi connectivity index (χ0) is 15.5. The number of hydrogen-bond donors (Lipinski definition) is 1. The van der Waals surface area contributed by atoms with Gasteiger partial charge >= 0.3 is 5.97 Å². The number of quaternary nitrogens is 1. The third kappa shape index (κ3) is 1.91. The summed E-state index contributed by atoms with van der Waals surface area (Å²) in [5.74, 6) is 0.916. The molecular weight excluding hydrogens is 282 g/mol. The highest BCUT2D eigenvalue weighted by molar-refractivity contribution is 5.72. The summed E-state index contributed by atoms with van der Waals surface area (Å²) >= 11 is 0. The second kappa shape index (κ2) is 4.92. The van der Waals surface area contributed by atoms with Crippen LogP contribution in [0, 0.1) is 22.7 Å². The SMILES string of the molecule is C[C@@]12CC[C@H]3O[C@H](C[NH3+])OC[C@]3(C)[C@H]1CC[C@H]1OC(=O)C[C@H]12. The molecule has 7 atom stereocenters. The van der Waals surface area contributed by atoms with Gasteiger partial charge in [-0.2, -0.15) is 0 Å². The van der Waals surface area contributed by atoms with Crippen LogP contribution < -0.4 is 5.73 Å². The highest BCUT2D eigenvalue weighted by atomic mass is 16.7. The molecule has 5 heteroatoms. The highest BCUT2D eigenvalue weighted by Gasteiger charge is 2.63. The van der Waals surface area contributed by atoms with Gasteiger partial charge in [0, 0.05) is 11.3 Å². The van der Waals surface area contributed by atoms with Crippen LogP contribution in [-0.4, -0.2) is 37.6 Å². The van der Waals surface area contributed by atoms with Crippen LogP contribution >= 0.6 is 0 Å². The number of rotatable bonds is 1. The van der Waals surface area contributed by atoms with E-state index in [1.54, 1.807) is 0 Å². The van der Waals surface area contributed by atoms with E-state index in [-0.39, 0.29) is 35.3 Å². The third-order valence-electron chi connectivity index (χ3n) is 7.11. The van der Waals surface area contributed by atoms with E-state index < -0.39 is 0 Å². The van der Waals surface area contributed by atoms with Crippen LogP contribution in [0.3, 0.4) is 0 Å². The van der Waals surface area contributed by atoms with E-state index in [0.717, 1.165) is 32.3 Å². The van der Waals surface area contributed by atoms with Crippen LogP contribution in [-0.2, 0) is 19.0 Å². The molecule has 4 aliphatic rings. The fourth-order valence-electron chi connectivity index (χ4n) is 5.95. The van der Waals surface area contributed by atoms with Crippen molar-refractivity contribution in [3.8, 4) is 0 Å². The van der Waals surface area contributed by atoms with Gasteiger partial charge in [-0.25, -0.2) is 0 Å². The summed E-state index contributed by atoms with van der Waals surface area (Å²) in [5.41, 5.74) is 4.13. The van der Waals surface area contributed by atoms with Gasteiger partial charge in [0.05, 0.1) is 19.1 Å². The van der Waals surface area contributed by atoms with Crippen molar-refractivity contribution in [1.82, 2.24) is 0 Å². The Morgan fingerprint density at radius 2 is 2.05 bits per heavy atom. The summed E-state index contributed by atoms with van der Waals surface area (Å²) in [6.07, 6.45) is 5.15. The molecule has 0 aromatic carbocycles. The quantitative estimate of drug-likeness (QED) is 0.737. The van der Waals surface area contributed by atoms with E-state index in [1.165, 1.54) is 0 Å². The van der Waals surface area contributed by atoms with Gasteiger partial charge in [-0.15, -0.1) is 0 Å². The summed E-state index contributed by atoms with van der Waals surface area (Å²) in [7, 11) is 0. The van der Waals surface area contributed by atoms with E-state index in [9.17, 15) is 4.79 Å². The Labute approximate surface area is 131 Å². The number of hydrogen-bond acceptors (Lipinski definition) is 4. The first-order valence-corrected chi connectivity index (χ1v) is 8.73. The molecule has 4 rings (SSSR count). The average Bonchev–Trinajstić information content (AvgIpc) is 2.88. The van der Waals surface area contributed by atoms with Gasteiger partial charge in [-0.1, -0.05) is 13.8 Å². The van der Waals surface area contributed by atoms with E-state index in [1.807, 2.05) is 0 Å². The van der Waals surface area contributed by atoms with Crippen LogP contribution in [0.25, 0.3) is 0 Å². The van der Waals surface area contributed by atoms with Gasteiger partial charge in [-0.05, 0) is 37.0 Å². The van der Waals surface area contributed by atoms with E-state index in [4.69, 9.17) is 14.2 Å². The predicted molar refractivity (Wildman–Crippen MR) is 78.5 cm³/mol. The van der Waals surface area contributed by atoms with E-state index in [0.29, 0.717) is 24.8 Å². The van der Waals surface area contributed by atoms with Gasteiger partial charge < -0.3 is 19.9 Å². The molecule has 2 saturated carbocycles. The summed E-state index contributed by atoms with van der Waals surface area (Å²) in [5, 5.41) is 0. The molecule has 0 unspecified atom stereocenters. The maximum atomic E-state index is 11.8. The lowest BCUT2D eigenvalue weighted by molar-refractivity contribution is -0.432. The molecule has 0 aromatic rings. The molecule has 2 heterocycles. The number of carbonyl (C=O) groups is 1. The molecule has 0 spiro atoms. The first-order chi connectivity index (χ1) is 10.5. The van der Waals surface area contributed by atoms with Crippen LogP contribution in [0.4, 0.5) is 0 Å². The van der Waals surface area contributed by atoms with Crippen molar-refractivity contribution in [2.24, 2.45) is 22.7 Å². The summed E-state index contributed by atoms with van der Waals surface area (Å²) in [6, 6.07) is 0. The van der Waals surface area contributed by atoms with Crippen molar-refractivity contribution in [3.05, 3.63) is 0 Å². The fraction of sp³-hybridized carbons (Fsp3) is 0.941. The molecule has 3 N–H and O–H groups in total. The lowest BCUT2D eigenvalue weighted by atomic mass is 9.46. The minimum atomic E-state index is -0.143. The monoisotopic (exact) mass is 310 g/mol. The average molecular weight is 310 g/mol. The van der Waals surface area contributed by atoms with Crippen molar-refractivity contribution in [2.75, 3.05) is 13.2 Å². The normalized spacial score (nSPS) is 54.1. The Bertz CT molecular complexity index is 483. The molecular formula is C17H28NO4+. The van der Waals surface area contributed by atoms with Crippen molar-refractivity contribution >= 4 is 5.97 Å². The smallest absolute Gasteiger partial charge is 0.306 e. The van der Waals surface area contributed by atoms with Crippen LogP contribution in [0.1, 0.15) is 46.0 Å². The van der Waals surface area contributed by atoms with Crippen LogP contribution in [0.15, 0.2) is 0 Å². The lowest BCUT2D eigenvalue weighted by Gasteiger charge is -2.62. The van der Waals surface area contributed by atoms with Crippen molar-refractivity contribution in [3.63, 3.8) is 0 Å². The minimum Gasteiger partial charge on any atom is -0.462 e. The maximum absolute atomic E-state index is 11.8.